The molecule has 5 nitrogen and oxygen atoms in total. The van der Waals surface area contributed by atoms with Gasteiger partial charge in [-0.15, -0.1) is 0 Å². The number of carbonyl (C=O) groups excluding carboxylic acids is 1. The summed E-state index contributed by atoms with van der Waals surface area (Å²) in [5.41, 5.74) is 1.75. The largest absolute Gasteiger partial charge is 0.325 e. The van der Waals surface area contributed by atoms with Gasteiger partial charge in [0.25, 0.3) is 5.56 Å². The number of hydrogen-bond donors (Lipinski definition) is 1. The van der Waals surface area contributed by atoms with Gasteiger partial charge in [0, 0.05) is 18.1 Å². The van der Waals surface area contributed by atoms with Gasteiger partial charge in [0.1, 0.15) is 5.82 Å². The topological polar surface area (TPSA) is 64.0 Å². The van der Waals surface area contributed by atoms with Gasteiger partial charge in [-0.25, -0.2) is 9.37 Å². The minimum Gasteiger partial charge on any atom is -0.325 e. The summed E-state index contributed by atoms with van der Waals surface area (Å²) in [5, 5.41) is 2.96. The van der Waals surface area contributed by atoms with Crippen molar-refractivity contribution in [3.05, 3.63) is 82.7 Å². The first kappa shape index (κ1) is 17.9. The molecule has 0 bridgehead atoms. The van der Waals surface area contributed by atoms with Gasteiger partial charge in [-0.05, 0) is 42.8 Å². The van der Waals surface area contributed by atoms with Crippen LogP contribution in [-0.4, -0.2) is 21.2 Å². The van der Waals surface area contributed by atoms with Crippen LogP contribution in [0.2, 0.25) is 0 Å². The number of nitrogens with one attached hydrogen (secondary N) is 1. The van der Waals surface area contributed by atoms with Crippen molar-refractivity contribution >= 4 is 23.4 Å². The van der Waals surface area contributed by atoms with Gasteiger partial charge in [0.2, 0.25) is 5.91 Å². The molecule has 0 spiro atoms. The maximum Gasteiger partial charge on any atom is 0.287 e. The van der Waals surface area contributed by atoms with E-state index in [9.17, 15) is 14.0 Å². The maximum absolute atomic E-state index is 13.4. The summed E-state index contributed by atoms with van der Waals surface area (Å²) >= 11 is 1.04. The fourth-order valence-corrected chi connectivity index (χ4v) is 3.07. The van der Waals surface area contributed by atoms with E-state index in [0.717, 1.165) is 17.3 Å². The smallest absolute Gasteiger partial charge is 0.287 e. The van der Waals surface area contributed by atoms with Crippen LogP contribution in [0.4, 0.5) is 10.1 Å². The summed E-state index contributed by atoms with van der Waals surface area (Å²) in [4.78, 5) is 28.6. The minimum atomic E-state index is -0.432. The molecule has 3 rings (SSSR count). The Morgan fingerprint density at radius 1 is 1.23 bits per heavy atom. The maximum atomic E-state index is 13.4. The van der Waals surface area contributed by atoms with E-state index in [-0.39, 0.29) is 16.7 Å². The first-order valence-corrected chi connectivity index (χ1v) is 8.84. The van der Waals surface area contributed by atoms with Crippen molar-refractivity contribution in [3.63, 3.8) is 0 Å². The third kappa shape index (κ3) is 4.37. The summed E-state index contributed by atoms with van der Waals surface area (Å²) in [7, 11) is 0. The number of thioether (sulfide) groups is 1. The Bertz CT molecular complexity index is 1000. The van der Waals surface area contributed by atoms with E-state index < -0.39 is 11.4 Å². The van der Waals surface area contributed by atoms with Gasteiger partial charge < -0.3 is 5.32 Å². The van der Waals surface area contributed by atoms with Gasteiger partial charge in [-0.3, -0.25) is 14.2 Å². The summed E-state index contributed by atoms with van der Waals surface area (Å²) in [6, 6.07) is 13.2. The zero-order valence-corrected chi connectivity index (χ0v) is 14.8. The van der Waals surface area contributed by atoms with Gasteiger partial charge in [0.15, 0.2) is 5.03 Å². The van der Waals surface area contributed by atoms with Crippen molar-refractivity contribution < 1.29 is 9.18 Å². The van der Waals surface area contributed by atoms with E-state index in [2.05, 4.69) is 10.3 Å². The minimum absolute atomic E-state index is 0.0450. The molecule has 0 aliphatic rings. The molecule has 0 aliphatic carbocycles. The molecule has 26 heavy (non-hydrogen) atoms. The lowest BCUT2D eigenvalue weighted by molar-refractivity contribution is -0.113. The molecule has 0 fully saturated rings. The highest BCUT2D eigenvalue weighted by Gasteiger charge is 2.10. The highest BCUT2D eigenvalue weighted by Crippen LogP contribution is 2.14. The Morgan fingerprint density at radius 3 is 2.81 bits per heavy atom. The number of carbonyl (C=O) groups is 1. The van der Waals surface area contributed by atoms with Crippen LogP contribution >= 0.6 is 11.8 Å². The zero-order chi connectivity index (χ0) is 18.5. The van der Waals surface area contributed by atoms with Gasteiger partial charge >= 0.3 is 0 Å². The van der Waals surface area contributed by atoms with Gasteiger partial charge in [-0.1, -0.05) is 30.0 Å². The summed E-state index contributed by atoms with van der Waals surface area (Å²) in [6.45, 7) is 1.94. The molecular weight excluding hydrogens is 353 g/mol. The highest BCUT2D eigenvalue weighted by molar-refractivity contribution is 7.99. The molecule has 0 atom stereocenters. The van der Waals surface area contributed by atoms with Crippen LogP contribution in [0.3, 0.4) is 0 Å². The number of amides is 1. The van der Waals surface area contributed by atoms with Crippen LogP contribution in [-0.2, 0) is 4.79 Å². The number of halogens is 1. The zero-order valence-electron chi connectivity index (χ0n) is 14.0. The SMILES string of the molecule is Cc1cccc(NC(=O)CSc2nccn(-c3cccc(F)c3)c2=O)c1. The average Bonchev–Trinajstić information content (AvgIpc) is 2.61. The Kier molecular flexibility index (Phi) is 5.48. The van der Waals surface area contributed by atoms with Crippen molar-refractivity contribution in [1.82, 2.24) is 9.55 Å². The quantitative estimate of drug-likeness (QED) is 0.700. The van der Waals surface area contributed by atoms with Crippen LogP contribution in [0, 0.1) is 12.7 Å². The second kappa shape index (κ2) is 7.97. The Balaban J connectivity index is 1.71. The molecule has 1 heterocycles. The Morgan fingerprint density at radius 2 is 2.04 bits per heavy atom. The molecule has 7 heteroatoms. The lowest BCUT2D eigenvalue weighted by Gasteiger charge is -2.08. The number of hydrogen-bond acceptors (Lipinski definition) is 4. The molecule has 1 aromatic heterocycles. The van der Waals surface area contributed by atoms with Crippen molar-refractivity contribution in [2.75, 3.05) is 11.1 Å². The summed E-state index contributed by atoms with van der Waals surface area (Å²) < 4.78 is 14.7. The lowest BCUT2D eigenvalue weighted by Crippen LogP contribution is -2.22. The normalized spacial score (nSPS) is 10.5. The molecule has 132 valence electrons. The fraction of sp³-hybridized carbons (Fsp3) is 0.105. The first-order valence-electron chi connectivity index (χ1n) is 7.86. The number of aryl methyl sites for hydroxylation is 1. The molecule has 0 aliphatic heterocycles. The first-order chi connectivity index (χ1) is 12.5. The lowest BCUT2D eigenvalue weighted by atomic mass is 10.2. The molecule has 0 saturated carbocycles. The van der Waals surface area contributed by atoms with Crippen LogP contribution in [0.1, 0.15) is 5.56 Å². The van der Waals surface area contributed by atoms with Crippen LogP contribution in [0.25, 0.3) is 5.69 Å². The number of aromatic nitrogens is 2. The Labute approximate surface area is 153 Å². The Hall–Kier alpha value is -2.93. The predicted molar refractivity (Wildman–Crippen MR) is 100 cm³/mol. The second-order valence-electron chi connectivity index (χ2n) is 5.59. The van der Waals surface area contributed by atoms with Crippen molar-refractivity contribution in [2.24, 2.45) is 0 Å². The fourth-order valence-electron chi connectivity index (χ4n) is 2.38. The standard InChI is InChI=1S/C19H16FN3O2S/c1-13-4-2-6-15(10-13)22-17(24)12-26-18-19(25)23(9-8-21-18)16-7-3-5-14(20)11-16/h2-11H,12H2,1H3,(H,22,24). The second-order valence-corrected chi connectivity index (χ2v) is 6.56. The third-order valence-electron chi connectivity index (χ3n) is 3.54. The van der Waals surface area contributed by atoms with E-state index in [1.807, 2.05) is 25.1 Å². The molecule has 0 radical (unpaired) electrons. The number of nitrogens with zero attached hydrogens (tertiary/aromatic N) is 2. The summed E-state index contributed by atoms with van der Waals surface area (Å²) in [5.74, 6) is -0.621. The average molecular weight is 369 g/mol. The molecule has 1 amide bonds. The van der Waals surface area contributed by atoms with E-state index in [1.54, 1.807) is 12.1 Å². The van der Waals surface area contributed by atoms with Crippen LogP contribution < -0.4 is 10.9 Å². The molecule has 3 aromatic rings. The third-order valence-corrected chi connectivity index (χ3v) is 4.50. The van der Waals surface area contributed by atoms with Crippen molar-refractivity contribution in [1.29, 1.82) is 0 Å². The molecule has 0 saturated heterocycles. The van der Waals surface area contributed by atoms with Crippen LogP contribution in [0.5, 0.6) is 0 Å². The highest BCUT2D eigenvalue weighted by atomic mass is 32.2. The predicted octanol–water partition coefficient (Wildman–Crippen LogP) is 3.41. The van der Waals surface area contributed by atoms with E-state index in [0.29, 0.717) is 11.4 Å². The number of anilines is 1. The van der Waals surface area contributed by atoms with Gasteiger partial charge in [0.05, 0.1) is 11.4 Å². The number of benzene rings is 2. The van der Waals surface area contributed by atoms with E-state index >= 15 is 0 Å². The van der Waals surface area contributed by atoms with E-state index in [4.69, 9.17) is 0 Å². The molecule has 2 aromatic carbocycles. The van der Waals surface area contributed by atoms with Crippen molar-refractivity contribution in [3.8, 4) is 5.69 Å². The summed E-state index contributed by atoms with van der Waals surface area (Å²) in [6.07, 6.45) is 2.92. The van der Waals surface area contributed by atoms with Crippen LogP contribution in [0.15, 0.2) is 70.7 Å². The van der Waals surface area contributed by atoms with Gasteiger partial charge in [-0.2, -0.15) is 0 Å². The monoisotopic (exact) mass is 369 g/mol. The number of rotatable bonds is 5. The molecular formula is C19H16FN3O2S. The van der Waals surface area contributed by atoms with Crippen molar-refractivity contribution in [2.45, 2.75) is 11.9 Å². The molecule has 1 N–H and O–H groups in total. The molecule has 0 unspecified atom stereocenters. The van der Waals surface area contributed by atoms with E-state index in [1.165, 1.54) is 35.2 Å².